The Hall–Kier alpha value is -3.03. The van der Waals surface area contributed by atoms with Crippen LogP contribution in [0.15, 0.2) is 42.5 Å². The largest absolute Gasteiger partial charge is 0.454 e. The molecule has 3 aromatic rings. The number of nitrogens with one attached hydrogen (secondary N) is 1. The van der Waals surface area contributed by atoms with Gasteiger partial charge in [0.2, 0.25) is 12.7 Å². The molecule has 0 aliphatic carbocycles. The van der Waals surface area contributed by atoms with Crippen LogP contribution in [0.4, 0.5) is 0 Å². The molecule has 7 nitrogen and oxygen atoms in total. The molecule has 0 bridgehead atoms. The number of fused-ring (bicyclic) bond motifs is 4. The van der Waals surface area contributed by atoms with Crippen LogP contribution in [0, 0.1) is 0 Å². The number of methoxy groups -OCH3 is 1. The molecule has 2 aliphatic rings. The number of nitrogens with zero attached hydrogens (tertiary/aromatic N) is 2. The number of rotatable bonds is 7. The smallest absolute Gasteiger partial charge is 0.237 e. The Morgan fingerprint density at radius 1 is 1.19 bits per heavy atom. The van der Waals surface area contributed by atoms with Crippen molar-refractivity contribution in [2.24, 2.45) is 0 Å². The molecule has 1 N–H and O–H groups in total. The Labute approximate surface area is 181 Å². The molecule has 7 heteroatoms. The quantitative estimate of drug-likeness (QED) is 0.635. The molecular formula is C24H27N3O4. The molecule has 1 amide bonds. The van der Waals surface area contributed by atoms with Gasteiger partial charge in [0, 0.05) is 61.9 Å². The monoisotopic (exact) mass is 421 g/mol. The molecule has 3 heterocycles. The Morgan fingerprint density at radius 2 is 2.06 bits per heavy atom. The zero-order valence-corrected chi connectivity index (χ0v) is 17.7. The first-order valence-electron chi connectivity index (χ1n) is 10.7. The molecule has 162 valence electrons. The zero-order chi connectivity index (χ0) is 21.2. The summed E-state index contributed by atoms with van der Waals surface area (Å²) in [6, 6.07) is 14.3. The first-order valence-corrected chi connectivity index (χ1v) is 10.7. The first kappa shape index (κ1) is 19.9. The lowest BCUT2D eigenvalue weighted by Crippen LogP contribution is -2.43. The third-order valence-electron chi connectivity index (χ3n) is 6.05. The van der Waals surface area contributed by atoms with Gasteiger partial charge in [0.25, 0.3) is 0 Å². The van der Waals surface area contributed by atoms with Gasteiger partial charge in [0.1, 0.15) is 0 Å². The second-order valence-electron chi connectivity index (χ2n) is 8.08. The van der Waals surface area contributed by atoms with Gasteiger partial charge in [0.05, 0.1) is 13.2 Å². The Balaban J connectivity index is 1.28. The number of para-hydroxylation sites is 1. The molecule has 0 saturated carbocycles. The van der Waals surface area contributed by atoms with Gasteiger partial charge in [-0.15, -0.1) is 0 Å². The second-order valence-corrected chi connectivity index (χ2v) is 8.08. The van der Waals surface area contributed by atoms with Crippen LogP contribution in [0.1, 0.15) is 16.8 Å². The van der Waals surface area contributed by atoms with Crippen molar-refractivity contribution in [1.29, 1.82) is 0 Å². The minimum atomic E-state index is 0.146. The minimum absolute atomic E-state index is 0.146. The summed E-state index contributed by atoms with van der Waals surface area (Å²) in [4.78, 5) is 20.8. The molecule has 1 aromatic heterocycles. The number of carbonyl (C=O) groups excluding carboxylic acids is 1. The Kier molecular flexibility index (Phi) is 5.53. The fraction of sp³-hybridized carbons (Fsp3) is 0.375. The van der Waals surface area contributed by atoms with Gasteiger partial charge in [0.15, 0.2) is 11.5 Å². The van der Waals surface area contributed by atoms with Crippen LogP contribution in [0.5, 0.6) is 11.5 Å². The van der Waals surface area contributed by atoms with E-state index in [-0.39, 0.29) is 12.7 Å². The normalized spacial score (nSPS) is 15.0. The molecule has 2 aromatic carbocycles. The van der Waals surface area contributed by atoms with Crippen molar-refractivity contribution < 1.29 is 19.0 Å². The highest BCUT2D eigenvalue weighted by Crippen LogP contribution is 2.33. The van der Waals surface area contributed by atoms with Gasteiger partial charge in [-0.3, -0.25) is 9.69 Å². The summed E-state index contributed by atoms with van der Waals surface area (Å²) in [5, 5.41) is 1.21. The molecular weight excluding hydrogens is 394 g/mol. The average molecular weight is 421 g/mol. The van der Waals surface area contributed by atoms with Crippen LogP contribution in [-0.2, 0) is 29.0 Å². The highest BCUT2D eigenvalue weighted by atomic mass is 16.7. The Bertz CT molecular complexity index is 1090. The number of hydrogen-bond acceptors (Lipinski definition) is 5. The topological polar surface area (TPSA) is 67.0 Å². The van der Waals surface area contributed by atoms with Gasteiger partial charge >= 0.3 is 0 Å². The number of aromatic nitrogens is 1. The van der Waals surface area contributed by atoms with E-state index in [9.17, 15) is 4.79 Å². The molecule has 2 aliphatic heterocycles. The highest BCUT2D eigenvalue weighted by Gasteiger charge is 2.25. The van der Waals surface area contributed by atoms with Gasteiger partial charge in [-0.05, 0) is 23.8 Å². The third-order valence-corrected chi connectivity index (χ3v) is 6.05. The number of hydrogen-bond donors (Lipinski definition) is 1. The van der Waals surface area contributed by atoms with Crippen molar-refractivity contribution in [1.82, 2.24) is 14.8 Å². The van der Waals surface area contributed by atoms with Crippen molar-refractivity contribution in [2.45, 2.75) is 19.5 Å². The maximum atomic E-state index is 13.2. The first-order chi connectivity index (χ1) is 15.2. The summed E-state index contributed by atoms with van der Waals surface area (Å²) in [6.07, 6.45) is 0.857. The minimum Gasteiger partial charge on any atom is -0.454 e. The van der Waals surface area contributed by atoms with E-state index in [1.807, 2.05) is 29.2 Å². The van der Waals surface area contributed by atoms with Gasteiger partial charge in [-0.2, -0.15) is 0 Å². The predicted molar refractivity (Wildman–Crippen MR) is 117 cm³/mol. The maximum absolute atomic E-state index is 13.2. The van der Waals surface area contributed by atoms with Crippen molar-refractivity contribution in [3.63, 3.8) is 0 Å². The van der Waals surface area contributed by atoms with Crippen LogP contribution in [0.3, 0.4) is 0 Å². The second kappa shape index (κ2) is 8.61. The highest BCUT2D eigenvalue weighted by molar-refractivity contribution is 5.86. The van der Waals surface area contributed by atoms with Crippen LogP contribution in [0.25, 0.3) is 10.9 Å². The lowest BCUT2D eigenvalue weighted by molar-refractivity contribution is -0.133. The number of carbonyl (C=O) groups is 1. The molecule has 31 heavy (non-hydrogen) atoms. The Morgan fingerprint density at radius 3 is 2.97 bits per heavy atom. The van der Waals surface area contributed by atoms with E-state index in [1.165, 1.54) is 16.6 Å². The van der Waals surface area contributed by atoms with E-state index in [2.05, 4.69) is 28.1 Å². The SMILES string of the molecule is COCCN(CC(=O)N1CCc2[nH]c3ccccc3c2C1)Cc1ccc2c(c1)OCO2. The molecule has 0 spiro atoms. The maximum Gasteiger partial charge on any atom is 0.237 e. The molecule has 5 rings (SSSR count). The van der Waals surface area contributed by atoms with E-state index < -0.39 is 0 Å². The number of benzene rings is 2. The van der Waals surface area contributed by atoms with Gasteiger partial charge in [-0.1, -0.05) is 24.3 Å². The summed E-state index contributed by atoms with van der Waals surface area (Å²) in [6.45, 7) is 3.91. The standard InChI is InChI=1S/C24H27N3O4/c1-29-11-10-26(13-17-6-7-22-23(12-17)31-16-30-22)15-24(28)27-9-8-21-19(14-27)18-4-2-3-5-20(18)25-21/h2-7,12,25H,8-11,13-16H2,1H3. The lowest BCUT2D eigenvalue weighted by atomic mass is 10.0. The van der Waals surface area contributed by atoms with Crippen LogP contribution in [-0.4, -0.2) is 60.8 Å². The number of ether oxygens (including phenoxy) is 3. The zero-order valence-electron chi connectivity index (χ0n) is 17.7. The third kappa shape index (κ3) is 4.11. The molecule has 0 fully saturated rings. The summed E-state index contributed by atoms with van der Waals surface area (Å²) in [7, 11) is 1.68. The predicted octanol–water partition coefficient (Wildman–Crippen LogP) is 2.93. The van der Waals surface area contributed by atoms with E-state index >= 15 is 0 Å². The van der Waals surface area contributed by atoms with Crippen LogP contribution in [0.2, 0.25) is 0 Å². The van der Waals surface area contributed by atoms with E-state index in [0.717, 1.165) is 35.5 Å². The van der Waals surface area contributed by atoms with Crippen molar-refractivity contribution in [3.8, 4) is 11.5 Å². The van der Waals surface area contributed by atoms with E-state index in [0.29, 0.717) is 32.8 Å². The number of amides is 1. The van der Waals surface area contributed by atoms with Gasteiger partial charge in [-0.25, -0.2) is 0 Å². The van der Waals surface area contributed by atoms with Crippen molar-refractivity contribution >= 4 is 16.8 Å². The summed E-state index contributed by atoms with van der Waals surface area (Å²) >= 11 is 0. The van der Waals surface area contributed by atoms with E-state index in [4.69, 9.17) is 14.2 Å². The summed E-state index contributed by atoms with van der Waals surface area (Å²) < 4.78 is 16.2. The molecule has 0 atom stereocenters. The fourth-order valence-electron chi connectivity index (χ4n) is 4.40. The van der Waals surface area contributed by atoms with E-state index in [1.54, 1.807) is 7.11 Å². The van der Waals surface area contributed by atoms with Crippen molar-refractivity contribution in [2.75, 3.05) is 40.1 Å². The molecule has 0 saturated heterocycles. The average Bonchev–Trinajstić information content (AvgIpc) is 3.40. The number of H-pyrrole nitrogens is 1. The lowest BCUT2D eigenvalue weighted by Gasteiger charge is -2.30. The van der Waals surface area contributed by atoms with Crippen LogP contribution < -0.4 is 9.47 Å². The van der Waals surface area contributed by atoms with Gasteiger partial charge < -0.3 is 24.1 Å². The summed E-state index contributed by atoms with van der Waals surface area (Å²) in [5.41, 5.74) is 4.73. The van der Waals surface area contributed by atoms with Crippen LogP contribution >= 0.6 is 0 Å². The number of aromatic amines is 1. The molecule has 0 radical (unpaired) electrons. The van der Waals surface area contributed by atoms with Crippen molar-refractivity contribution in [3.05, 3.63) is 59.3 Å². The fourth-order valence-corrected chi connectivity index (χ4v) is 4.40. The molecule has 0 unspecified atom stereocenters. The summed E-state index contributed by atoms with van der Waals surface area (Å²) in [5.74, 6) is 1.68.